The van der Waals surface area contributed by atoms with Crippen molar-refractivity contribution in [1.82, 2.24) is 10.3 Å². The molecule has 0 saturated heterocycles. The summed E-state index contributed by atoms with van der Waals surface area (Å²) in [6.45, 7) is 4.09. The molecule has 1 N–H and O–H groups in total. The molecule has 0 aliphatic heterocycles. The van der Waals surface area contributed by atoms with Crippen LogP contribution in [0.1, 0.15) is 36.2 Å². The molecular formula is C21H21FN2OS. The number of amides is 1. The SMILES string of the molecule is CCC(NC(=O)Cc1csc(-c2cccc(F)c2)n1)c1ccc(C)cc1. The third-order valence-corrected chi connectivity index (χ3v) is 5.13. The summed E-state index contributed by atoms with van der Waals surface area (Å²) in [6.07, 6.45) is 1.04. The molecule has 0 saturated carbocycles. The molecule has 0 aliphatic rings. The van der Waals surface area contributed by atoms with Crippen LogP contribution in [0.5, 0.6) is 0 Å². The fraction of sp³-hybridized carbons (Fsp3) is 0.238. The maximum absolute atomic E-state index is 13.4. The highest BCUT2D eigenvalue weighted by molar-refractivity contribution is 7.13. The van der Waals surface area contributed by atoms with Crippen molar-refractivity contribution in [2.24, 2.45) is 0 Å². The van der Waals surface area contributed by atoms with E-state index in [9.17, 15) is 9.18 Å². The number of rotatable bonds is 6. The van der Waals surface area contributed by atoms with E-state index in [2.05, 4.69) is 41.5 Å². The molecule has 26 heavy (non-hydrogen) atoms. The molecule has 1 aromatic heterocycles. The molecule has 134 valence electrons. The summed E-state index contributed by atoms with van der Waals surface area (Å²) >= 11 is 1.42. The molecule has 5 heteroatoms. The second kappa shape index (κ2) is 8.23. The smallest absolute Gasteiger partial charge is 0.226 e. The van der Waals surface area contributed by atoms with Crippen LogP contribution >= 0.6 is 11.3 Å². The number of aryl methyl sites for hydroxylation is 1. The van der Waals surface area contributed by atoms with Gasteiger partial charge in [-0.25, -0.2) is 9.37 Å². The number of benzene rings is 2. The quantitative estimate of drug-likeness (QED) is 0.660. The molecule has 3 rings (SSSR count). The Hall–Kier alpha value is -2.53. The van der Waals surface area contributed by atoms with Crippen LogP contribution in [0.2, 0.25) is 0 Å². The molecule has 0 fully saturated rings. The molecule has 0 bridgehead atoms. The number of thiazole rings is 1. The Morgan fingerprint density at radius 1 is 1.23 bits per heavy atom. The van der Waals surface area contributed by atoms with Gasteiger partial charge < -0.3 is 5.32 Å². The van der Waals surface area contributed by atoms with Crippen LogP contribution in [0.4, 0.5) is 4.39 Å². The van der Waals surface area contributed by atoms with Gasteiger partial charge in [0.15, 0.2) is 0 Å². The lowest BCUT2D eigenvalue weighted by Crippen LogP contribution is -2.29. The van der Waals surface area contributed by atoms with Gasteiger partial charge in [-0.3, -0.25) is 4.79 Å². The van der Waals surface area contributed by atoms with Gasteiger partial charge in [-0.15, -0.1) is 11.3 Å². The van der Waals surface area contributed by atoms with Crippen LogP contribution in [0.15, 0.2) is 53.9 Å². The topological polar surface area (TPSA) is 42.0 Å². The van der Waals surface area contributed by atoms with Crippen LogP contribution in [0.25, 0.3) is 10.6 Å². The van der Waals surface area contributed by atoms with Crippen molar-refractivity contribution in [3.63, 3.8) is 0 Å². The molecule has 0 radical (unpaired) electrons. The van der Waals surface area contributed by atoms with Gasteiger partial charge in [0.1, 0.15) is 10.8 Å². The number of aromatic nitrogens is 1. The fourth-order valence-corrected chi connectivity index (χ4v) is 3.59. The lowest BCUT2D eigenvalue weighted by Gasteiger charge is -2.17. The molecule has 3 nitrogen and oxygen atoms in total. The van der Waals surface area contributed by atoms with E-state index in [1.807, 2.05) is 18.4 Å². The first kappa shape index (κ1) is 18.3. The molecule has 2 aromatic carbocycles. The Labute approximate surface area is 156 Å². The van der Waals surface area contributed by atoms with Gasteiger partial charge in [-0.1, -0.05) is 48.9 Å². The fourth-order valence-electron chi connectivity index (χ4n) is 2.77. The molecule has 1 atom stereocenters. The van der Waals surface area contributed by atoms with Crippen LogP contribution in [-0.4, -0.2) is 10.9 Å². The van der Waals surface area contributed by atoms with Crippen molar-refractivity contribution < 1.29 is 9.18 Å². The highest BCUT2D eigenvalue weighted by atomic mass is 32.1. The number of nitrogens with one attached hydrogen (secondary N) is 1. The summed E-state index contributed by atoms with van der Waals surface area (Å²) in [5, 5.41) is 5.65. The Balaban J connectivity index is 1.65. The van der Waals surface area contributed by atoms with Gasteiger partial charge in [-0.05, 0) is 31.0 Å². The average molecular weight is 368 g/mol. The zero-order chi connectivity index (χ0) is 18.5. The number of carbonyl (C=O) groups excluding carboxylic acids is 1. The Kier molecular flexibility index (Phi) is 5.78. The highest BCUT2D eigenvalue weighted by Crippen LogP contribution is 2.24. The molecule has 0 spiro atoms. The summed E-state index contributed by atoms with van der Waals surface area (Å²) in [6, 6.07) is 14.5. The third-order valence-electron chi connectivity index (χ3n) is 4.19. The van der Waals surface area contributed by atoms with Gasteiger partial charge in [-0.2, -0.15) is 0 Å². The Morgan fingerprint density at radius 3 is 2.69 bits per heavy atom. The van der Waals surface area contributed by atoms with Gasteiger partial charge in [0.05, 0.1) is 18.2 Å². The van der Waals surface area contributed by atoms with E-state index in [0.717, 1.165) is 22.6 Å². The molecule has 3 aromatic rings. The number of halogens is 1. The lowest BCUT2D eigenvalue weighted by molar-refractivity contribution is -0.121. The molecule has 1 unspecified atom stereocenters. The zero-order valence-corrected chi connectivity index (χ0v) is 15.6. The number of hydrogen-bond donors (Lipinski definition) is 1. The van der Waals surface area contributed by atoms with Crippen molar-refractivity contribution in [3.05, 3.63) is 76.5 Å². The number of hydrogen-bond acceptors (Lipinski definition) is 3. The molecule has 1 heterocycles. The zero-order valence-electron chi connectivity index (χ0n) is 14.8. The van der Waals surface area contributed by atoms with E-state index >= 15 is 0 Å². The molecule has 1 amide bonds. The van der Waals surface area contributed by atoms with E-state index in [0.29, 0.717) is 5.69 Å². The van der Waals surface area contributed by atoms with Gasteiger partial charge in [0.2, 0.25) is 5.91 Å². The first-order valence-corrected chi connectivity index (χ1v) is 9.49. The van der Waals surface area contributed by atoms with Gasteiger partial charge >= 0.3 is 0 Å². The molecular weight excluding hydrogens is 347 g/mol. The predicted octanol–water partition coefficient (Wildman–Crippen LogP) is 5.07. The van der Waals surface area contributed by atoms with Gasteiger partial charge in [0, 0.05) is 10.9 Å². The van der Waals surface area contributed by atoms with E-state index in [1.165, 1.54) is 29.0 Å². The first-order valence-electron chi connectivity index (χ1n) is 8.61. The van der Waals surface area contributed by atoms with E-state index < -0.39 is 0 Å². The third kappa shape index (κ3) is 4.55. The summed E-state index contributed by atoms with van der Waals surface area (Å²) in [4.78, 5) is 16.9. The summed E-state index contributed by atoms with van der Waals surface area (Å²) in [5.74, 6) is -0.352. The summed E-state index contributed by atoms with van der Waals surface area (Å²) in [7, 11) is 0. The Bertz CT molecular complexity index is 889. The highest BCUT2D eigenvalue weighted by Gasteiger charge is 2.15. The van der Waals surface area contributed by atoms with Crippen molar-refractivity contribution in [1.29, 1.82) is 0 Å². The van der Waals surface area contributed by atoms with Crippen LogP contribution < -0.4 is 5.32 Å². The lowest BCUT2D eigenvalue weighted by atomic mass is 10.0. The van der Waals surface area contributed by atoms with E-state index in [4.69, 9.17) is 0 Å². The second-order valence-corrected chi connectivity index (χ2v) is 7.13. The van der Waals surface area contributed by atoms with Crippen molar-refractivity contribution in [2.75, 3.05) is 0 Å². The van der Waals surface area contributed by atoms with Crippen molar-refractivity contribution in [2.45, 2.75) is 32.7 Å². The average Bonchev–Trinajstić information content (AvgIpc) is 3.09. The van der Waals surface area contributed by atoms with E-state index in [1.54, 1.807) is 6.07 Å². The predicted molar refractivity (Wildman–Crippen MR) is 104 cm³/mol. The standard InChI is InChI=1S/C21H21FN2OS/c1-3-19(15-9-7-14(2)8-10-15)24-20(25)12-18-13-26-21(23-18)16-5-4-6-17(22)11-16/h4-11,13,19H,3,12H2,1-2H3,(H,24,25). The maximum Gasteiger partial charge on any atom is 0.226 e. The molecule has 0 aliphatic carbocycles. The number of carbonyl (C=O) groups is 1. The van der Waals surface area contributed by atoms with Crippen LogP contribution in [0, 0.1) is 12.7 Å². The summed E-state index contributed by atoms with van der Waals surface area (Å²) < 4.78 is 13.4. The summed E-state index contributed by atoms with van der Waals surface area (Å²) in [5.41, 5.74) is 3.73. The van der Waals surface area contributed by atoms with Gasteiger partial charge in [0.25, 0.3) is 0 Å². The van der Waals surface area contributed by atoms with Crippen LogP contribution in [-0.2, 0) is 11.2 Å². The minimum absolute atomic E-state index is 0.00979. The second-order valence-electron chi connectivity index (χ2n) is 6.27. The van der Waals surface area contributed by atoms with Crippen LogP contribution in [0.3, 0.4) is 0 Å². The Morgan fingerprint density at radius 2 is 2.00 bits per heavy atom. The minimum atomic E-state index is -0.291. The normalized spacial score (nSPS) is 12.0. The van der Waals surface area contributed by atoms with Crippen molar-refractivity contribution >= 4 is 17.2 Å². The largest absolute Gasteiger partial charge is 0.349 e. The number of nitrogens with zero attached hydrogens (tertiary/aromatic N) is 1. The monoisotopic (exact) mass is 368 g/mol. The maximum atomic E-state index is 13.4. The van der Waals surface area contributed by atoms with Crippen molar-refractivity contribution in [3.8, 4) is 10.6 Å². The van der Waals surface area contributed by atoms with E-state index in [-0.39, 0.29) is 24.2 Å². The first-order chi connectivity index (χ1) is 12.5. The minimum Gasteiger partial charge on any atom is -0.349 e.